The molecule has 0 spiro atoms. The summed E-state index contributed by atoms with van der Waals surface area (Å²) in [5.74, 6) is 0. The molecule has 0 saturated heterocycles. The molecule has 0 amide bonds. The highest BCUT2D eigenvalue weighted by Crippen LogP contribution is 2.45. The topological polar surface area (TPSA) is 32.5 Å². The molecule has 0 atom stereocenters. The predicted octanol–water partition coefficient (Wildman–Crippen LogP) is 12.8. The van der Waals surface area contributed by atoms with E-state index < -0.39 is 0 Å². The van der Waals surface area contributed by atoms with Gasteiger partial charge in [-0.3, -0.25) is 4.90 Å². The van der Waals surface area contributed by atoms with Gasteiger partial charge in [-0.25, -0.2) is 4.98 Å². The van der Waals surface area contributed by atoms with E-state index in [1.807, 2.05) is 24.3 Å². The maximum Gasteiger partial charge on any atom is 0.195 e. The maximum atomic E-state index is 6.94. The average molecular weight is 636 g/mol. The molecule has 0 N–H and O–H groups in total. The van der Waals surface area contributed by atoms with Crippen molar-refractivity contribution in [1.29, 1.82) is 0 Å². The smallest absolute Gasteiger partial charge is 0.195 e. The molecule has 0 unspecified atom stereocenters. The summed E-state index contributed by atoms with van der Waals surface area (Å²) in [7, 11) is 0. The maximum absolute atomic E-state index is 6.94. The Bertz CT molecular complexity index is 2450. The van der Waals surface area contributed by atoms with E-state index in [2.05, 4.69) is 161 Å². The second-order valence-electron chi connectivity index (χ2n) is 11.6. The quantitative estimate of drug-likeness (QED) is 0.174. The van der Waals surface area contributed by atoms with Gasteiger partial charge in [0.05, 0.1) is 15.9 Å². The van der Waals surface area contributed by atoms with Crippen LogP contribution >= 0.6 is 11.3 Å². The molecule has 0 fully saturated rings. The van der Waals surface area contributed by atoms with Crippen molar-refractivity contribution in [3.8, 4) is 11.1 Å². The molecule has 0 saturated carbocycles. The van der Waals surface area contributed by atoms with Crippen LogP contribution in [0.1, 0.15) is 0 Å². The third-order valence-electron chi connectivity index (χ3n) is 8.68. The Morgan fingerprint density at radius 2 is 1.02 bits per heavy atom. The van der Waals surface area contributed by atoms with Crippen molar-refractivity contribution in [2.45, 2.75) is 0 Å². The van der Waals surface area contributed by atoms with Crippen LogP contribution in [0.4, 0.5) is 33.6 Å². The van der Waals surface area contributed by atoms with Gasteiger partial charge in [-0.15, -0.1) is 0 Å². The summed E-state index contributed by atoms with van der Waals surface area (Å²) in [5, 5.41) is 3.09. The van der Waals surface area contributed by atoms with Gasteiger partial charge in [0.15, 0.2) is 10.7 Å². The van der Waals surface area contributed by atoms with E-state index in [0.29, 0.717) is 0 Å². The van der Waals surface area contributed by atoms with Gasteiger partial charge in [-0.05, 0) is 72.3 Å². The first kappa shape index (κ1) is 28.1. The highest BCUT2D eigenvalue weighted by atomic mass is 32.1. The molecule has 7 aromatic carbocycles. The van der Waals surface area contributed by atoms with Crippen molar-refractivity contribution in [3.05, 3.63) is 176 Å². The fourth-order valence-corrected chi connectivity index (χ4v) is 7.51. The van der Waals surface area contributed by atoms with Crippen molar-refractivity contribution < 1.29 is 4.42 Å². The zero-order valence-corrected chi connectivity index (χ0v) is 26.7. The van der Waals surface area contributed by atoms with Gasteiger partial charge in [-0.2, -0.15) is 0 Å². The minimum atomic E-state index is 0.851. The fourth-order valence-electron chi connectivity index (χ4n) is 6.51. The van der Waals surface area contributed by atoms with E-state index in [9.17, 15) is 0 Å². The molecular formula is C43H29N3OS. The van der Waals surface area contributed by atoms with E-state index in [4.69, 9.17) is 9.40 Å². The van der Waals surface area contributed by atoms with E-state index in [1.54, 1.807) is 11.3 Å². The molecule has 2 heterocycles. The van der Waals surface area contributed by atoms with E-state index in [0.717, 1.165) is 76.9 Å². The van der Waals surface area contributed by atoms with Crippen LogP contribution in [0.3, 0.4) is 0 Å². The SMILES string of the molecule is c1ccc(N(c2cccc(-c3cccc4c3oc3c(N(c5ccccc5)c5ccccc5)cccc34)c2)c2nc3ccccc3s2)cc1. The van der Waals surface area contributed by atoms with Crippen LogP contribution in [-0.4, -0.2) is 4.98 Å². The number of furan rings is 1. The number of para-hydroxylation sites is 6. The number of thiazole rings is 1. The first-order valence-electron chi connectivity index (χ1n) is 16.0. The van der Waals surface area contributed by atoms with Crippen LogP contribution in [-0.2, 0) is 0 Å². The van der Waals surface area contributed by atoms with Gasteiger partial charge in [-0.1, -0.05) is 121 Å². The van der Waals surface area contributed by atoms with Crippen LogP contribution < -0.4 is 9.80 Å². The van der Waals surface area contributed by atoms with Crippen molar-refractivity contribution in [3.63, 3.8) is 0 Å². The molecule has 0 aliphatic rings. The summed E-state index contributed by atoms with van der Waals surface area (Å²) in [6.45, 7) is 0. The largest absolute Gasteiger partial charge is 0.453 e. The fraction of sp³-hybridized carbons (Fsp3) is 0. The Labute approximate surface area is 282 Å². The van der Waals surface area contributed by atoms with Crippen LogP contribution in [0.2, 0.25) is 0 Å². The van der Waals surface area contributed by atoms with Gasteiger partial charge >= 0.3 is 0 Å². The molecular weight excluding hydrogens is 607 g/mol. The lowest BCUT2D eigenvalue weighted by atomic mass is 10.0. The van der Waals surface area contributed by atoms with E-state index >= 15 is 0 Å². The summed E-state index contributed by atoms with van der Waals surface area (Å²) in [4.78, 5) is 9.55. The third-order valence-corrected chi connectivity index (χ3v) is 9.70. The molecule has 48 heavy (non-hydrogen) atoms. The highest BCUT2D eigenvalue weighted by Gasteiger charge is 2.22. The van der Waals surface area contributed by atoms with Crippen LogP contribution in [0.25, 0.3) is 43.3 Å². The van der Waals surface area contributed by atoms with Crippen LogP contribution in [0.15, 0.2) is 180 Å². The summed E-state index contributed by atoms with van der Waals surface area (Å²) in [6, 6.07) is 61.2. The number of hydrogen-bond acceptors (Lipinski definition) is 5. The second-order valence-corrected chi connectivity index (χ2v) is 12.6. The Morgan fingerprint density at radius 3 is 1.71 bits per heavy atom. The molecule has 228 valence electrons. The molecule has 9 aromatic rings. The summed E-state index contributed by atoms with van der Waals surface area (Å²) in [5.41, 5.74) is 10.1. The summed E-state index contributed by atoms with van der Waals surface area (Å²) in [6.07, 6.45) is 0. The lowest BCUT2D eigenvalue weighted by Gasteiger charge is -2.25. The van der Waals surface area contributed by atoms with Crippen molar-refractivity contribution in [2.24, 2.45) is 0 Å². The van der Waals surface area contributed by atoms with E-state index in [-0.39, 0.29) is 0 Å². The number of nitrogens with zero attached hydrogens (tertiary/aromatic N) is 3. The van der Waals surface area contributed by atoms with Crippen LogP contribution in [0, 0.1) is 0 Å². The first-order valence-corrected chi connectivity index (χ1v) is 16.8. The molecule has 0 radical (unpaired) electrons. The molecule has 5 heteroatoms. The monoisotopic (exact) mass is 635 g/mol. The Kier molecular flexibility index (Phi) is 6.95. The molecule has 0 aliphatic carbocycles. The Hall–Kier alpha value is -6.17. The highest BCUT2D eigenvalue weighted by molar-refractivity contribution is 7.22. The van der Waals surface area contributed by atoms with Gasteiger partial charge in [0, 0.05) is 39.1 Å². The first-order chi connectivity index (χ1) is 23.8. The second kappa shape index (κ2) is 11.9. The standard InChI is InChI=1S/C43H29N3OS/c1-4-16-31(17-5-1)45(32-18-6-2-7-19-32)39-27-14-25-37-36-24-13-23-35(41(36)47-42(37)39)30-15-12-22-34(29-30)46(33-20-8-3-9-21-33)43-44-38-26-10-11-28-40(38)48-43/h1-29H. The molecule has 2 aromatic heterocycles. The van der Waals surface area contributed by atoms with Crippen molar-refractivity contribution in [1.82, 2.24) is 4.98 Å². The lowest BCUT2D eigenvalue weighted by Crippen LogP contribution is -2.09. The van der Waals surface area contributed by atoms with Gasteiger partial charge in [0.2, 0.25) is 0 Å². The number of hydrogen-bond donors (Lipinski definition) is 0. The average Bonchev–Trinajstić information content (AvgIpc) is 3.76. The van der Waals surface area contributed by atoms with Crippen LogP contribution in [0.5, 0.6) is 0 Å². The van der Waals surface area contributed by atoms with Gasteiger partial charge < -0.3 is 9.32 Å². The number of fused-ring (bicyclic) bond motifs is 4. The normalized spacial score (nSPS) is 11.3. The number of benzene rings is 7. The number of anilines is 6. The predicted molar refractivity (Wildman–Crippen MR) is 202 cm³/mol. The van der Waals surface area contributed by atoms with E-state index in [1.165, 1.54) is 0 Å². The van der Waals surface area contributed by atoms with Gasteiger partial charge in [0.1, 0.15) is 5.58 Å². The number of rotatable bonds is 7. The minimum Gasteiger partial charge on any atom is -0.453 e. The molecule has 0 aliphatic heterocycles. The van der Waals surface area contributed by atoms with Crippen molar-refractivity contribution >= 4 is 77.1 Å². The Morgan fingerprint density at radius 1 is 0.458 bits per heavy atom. The zero-order chi connectivity index (χ0) is 31.9. The van der Waals surface area contributed by atoms with Gasteiger partial charge in [0.25, 0.3) is 0 Å². The van der Waals surface area contributed by atoms with Crippen molar-refractivity contribution in [2.75, 3.05) is 9.80 Å². The Balaban J connectivity index is 1.21. The number of aromatic nitrogens is 1. The lowest BCUT2D eigenvalue weighted by molar-refractivity contribution is 0.670. The zero-order valence-electron chi connectivity index (χ0n) is 25.9. The molecule has 0 bridgehead atoms. The minimum absolute atomic E-state index is 0.851. The molecule has 4 nitrogen and oxygen atoms in total. The molecule has 9 rings (SSSR count). The summed E-state index contributed by atoms with van der Waals surface area (Å²) >= 11 is 1.69. The summed E-state index contributed by atoms with van der Waals surface area (Å²) < 4.78 is 8.10. The third kappa shape index (κ3) is 4.89.